The van der Waals surface area contributed by atoms with E-state index in [-0.39, 0.29) is 0 Å². The fourth-order valence-electron chi connectivity index (χ4n) is 2.08. The fraction of sp³-hybridized carbons (Fsp3) is 0.333. The lowest BCUT2D eigenvalue weighted by Gasteiger charge is -2.15. The molecule has 0 atom stereocenters. The lowest BCUT2D eigenvalue weighted by atomic mass is 10.1. The van der Waals surface area contributed by atoms with E-state index < -0.39 is 0 Å². The Morgan fingerprint density at radius 3 is 2.83 bits per heavy atom. The zero-order valence-corrected chi connectivity index (χ0v) is 11.6. The Labute approximate surface area is 113 Å². The monoisotopic (exact) mass is 260 g/mol. The van der Waals surface area contributed by atoms with Gasteiger partial charge in [0.15, 0.2) is 0 Å². The van der Waals surface area contributed by atoms with Crippen LogP contribution in [0.25, 0.3) is 0 Å². The highest BCUT2D eigenvalue weighted by molar-refractivity contribution is 7.07. The maximum Gasteiger partial charge on any atom is 0.0316 e. The van der Waals surface area contributed by atoms with Gasteiger partial charge < -0.3 is 10.6 Å². The fourth-order valence-corrected chi connectivity index (χ4v) is 2.73. The molecule has 2 aromatic rings. The van der Waals surface area contributed by atoms with Crippen molar-refractivity contribution in [2.24, 2.45) is 0 Å². The maximum absolute atomic E-state index is 5.77. The number of hydrogen-bond donors (Lipinski definition) is 1. The summed E-state index contributed by atoms with van der Waals surface area (Å²) >= 11 is 1.76. The molecule has 2 N–H and O–H groups in total. The molecule has 3 heteroatoms. The zero-order chi connectivity index (χ0) is 12.8. The van der Waals surface area contributed by atoms with Crippen molar-refractivity contribution in [3.05, 3.63) is 52.2 Å². The molecular formula is C15H20N2S. The van der Waals surface area contributed by atoms with Crippen molar-refractivity contribution in [3.8, 4) is 0 Å². The van der Waals surface area contributed by atoms with E-state index in [1.165, 1.54) is 17.5 Å². The Hall–Kier alpha value is -1.32. The van der Waals surface area contributed by atoms with Crippen LogP contribution in [-0.2, 0) is 13.0 Å². The largest absolute Gasteiger partial charge is 0.399 e. The molecule has 0 aliphatic rings. The summed E-state index contributed by atoms with van der Waals surface area (Å²) < 4.78 is 0. The average molecular weight is 260 g/mol. The predicted octanol–water partition coefficient (Wildman–Crippen LogP) is 3.39. The topological polar surface area (TPSA) is 29.3 Å². The molecule has 1 aromatic carbocycles. The van der Waals surface area contributed by atoms with Crippen molar-refractivity contribution in [2.45, 2.75) is 19.4 Å². The van der Waals surface area contributed by atoms with E-state index in [2.05, 4.69) is 40.9 Å². The summed E-state index contributed by atoms with van der Waals surface area (Å²) in [5, 5.41) is 4.35. The van der Waals surface area contributed by atoms with Crippen LogP contribution in [0.1, 0.15) is 17.5 Å². The zero-order valence-electron chi connectivity index (χ0n) is 10.8. The average Bonchev–Trinajstić information content (AvgIpc) is 2.82. The Kier molecular flexibility index (Phi) is 4.79. The molecule has 18 heavy (non-hydrogen) atoms. The summed E-state index contributed by atoms with van der Waals surface area (Å²) in [5.41, 5.74) is 9.37. The molecule has 0 saturated heterocycles. The van der Waals surface area contributed by atoms with Crippen LogP contribution in [0, 0.1) is 0 Å². The molecule has 2 rings (SSSR count). The first-order valence-electron chi connectivity index (χ1n) is 6.28. The van der Waals surface area contributed by atoms with Gasteiger partial charge in [-0.1, -0.05) is 12.1 Å². The van der Waals surface area contributed by atoms with Gasteiger partial charge in [0.2, 0.25) is 0 Å². The number of benzene rings is 1. The summed E-state index contributed by atoms with van der Waals surface area (Å²) in [4.78, 5) is 2.37. The molecule has 1 aromatic heterocycles. The SMILES string of the molecule is CN(CCCc1cccc(N)c1)Cc1ccsc1. The van der Waals surface area contributed by atoms with Crippen LogP contribution in [0.3, 0.4) is 0 Å². The number of nitrogens with zero attached hydrogens (tertiary/aromatic N) is 1. The van der Waals surface area contributed by atoms with Crippen molar-refractivity contribution in [1.82, 2.24) is 4.90 Å². The minimum atomic E-state index is 0.860. The Bertz CT molecular complexity index is 465. The van der Waals surface area contributed by atoms with Gasteiger partial charge in [-0.15, -0.1) is 0 Å². The first-order chi connectivity index (χ1) is 8.74. The minimum Gasteiger partial charge on any atom is -0.399 e. The Morgan fingerprint density at radius 1 is 1.22 bits per heavy atom. The van der Waals surface area contributed by atoms with Crippen molar-refractivity contribution in [2.75, 3.05) is 19.3 Å². The van der Waals surface area contributed by atoms with Gasteiger partial charge in [0.25, 0.3) is 0 Å². The van der Waals surface area contributed by atoms with Gasteiger partial charge >= 0.3 is 0 Å². The Balaban J connectivity index is 1.72. The third-order valence-corrected chi connectivity index (χ3v) is 3.72. The van der Waals surface area contributed by atoms with Crippen LogP contribution < -0.4 is 5.73 Å². The summed E-state index contributed by atoms with van der Waals surface area (Å²) in [7, 11) is 2.18. The van der Waals surface area contributed by atoms with Crippen LogP contribution in [0.15, 0.2) is 41.1 Å². The summed E-state index contributed by atoms with van der Waals surface area (Å²) in [5.74, 6) is 0. The molecular weight excluding hydrogens is 240 g/mol. The van der Waals surface area contributed by atoms with Crippen LogP contribution in [0.5, 0.6) is 0 Å². The maximum atomic E-state index is 5.77. The van der Waals surface area contributed by atoms with E-state index >= 15 is 0 Å². The van der Waals surface area contributed by atoms with E-state index in [9.17, 15) is 0 Å². The van der Waals surface area contributed by atoms with Crippen molar-refractivity contribution < 1.29 is 0 Å². The van der Waals surface area contributed by atoms with E-state index in [1.54, 1.807) is 11.3 Å². The van der Waals surface area contributed by atoms with Crippen molar-refractivity contribution >= 4 is 17.0 Å². The second-order valence-corrected chi connectivity index (χ2v) is 5.50. The van der Waals surface area contributed by atoms with E-state index in [4.69, 9.17) is 5.73 Å². The highest BCUT2D eigenvalue weighted by Crippen LogP contribution is 2.11. The number of anilines is 1. The second-order valence-electron chi connectivity index (χ2n) is 4.72. The first kappa shape index (κ1) is 13.1. The lowest BCUT2D eigenvalue weighted by Crippen LogP contribution is -2.19. The lowest BCUT2D eigenvalue weighted by molar-refractivity contribution is 0.322. The van der Waals surface area contributed by atoms with Gasteiger partial charge in [-0.05, 0) is 66.5 Å². The summed E-state index contributed by atoms with van der Waals surface area (Å²) in [6.45, 7) is 2.16. The molecule has 0 aliphatic heterocycles. The molecule has 0 fully saturated rings. The first-order valence-corrected chi connectivity index (χ1v) is 7.22. The van der Waals surface area contributed by atoms with Crippen LogP contribution in [0.4, 0.5) is 5.69 Å². The highest BCUT2D eigenvalue weighted by atomic mass is 32.1. The predicted molar refractivity (Wildman–Crippen MR) is 79.8 cm³/mol. The number of nitrogen functional groups attached to an aromatic ring is 1. The highest BCUT2D eigenvalue weighted by Gasteiger charge is 2.01. The van der Waals surface area contributed by atoms with Crippen molar-refractivity contribution in [3.63, 3.8) is 0 Å². The van der Waals surface area contributed by atoms with Crippen LogP contribution in [-0.4, -0.2) is 18.5 Å². The quantitative estimate of drug-likeness (QED) is 0.807. The minimum absolute atomic E-state index is 0.860. The van der Waals surface area contributed by atoms with E-state index in [1.807, 2.05) is 12.1 Å². The number of hydrogen-bond acceptors (Lipinski definition) is 3. The molecule has 0 aliphatic carbocycles. The number of rotatable bonds is 6. The van der Waals surface area contributed by atoms with Crippen molar-refractivity contribution in [1.29, 1.82) is 0 Å². The molecule has 0 bridgehead atoms. The molecule has 0 unspecified atom stereocenters. The second kappa shape index (κ2) is 6.57. The van der Waals surface area contributed by atoms with Gasteiger partial charge in [-0.2, -0.15) is 11.3 Å². The molecule has 96 valence electrons. The molecule has 0 spiro atoms. The summed E-state index contributed by atoms with van der Waals surface area (Å²) in [6.07, 6.45) is 2.27. The normalized spacial score (nSPS) is 11.0. The standard InChI is InChI=1S/C15H20N2S/c1-17(11-14-7-9-18-12-14)8-3-5-13-4-2-6-15(16)10-13/h2,4,6-7,9-10,12H,3,5,8,11,16H2,1H3. The third-order valence-electron chi connectivity index (χ3n) is 2.99. The molecule has 0 amide bonds. The molecule has 1 heterocycles. The van der Waals surface area contributed by atoms with Gasteiger partial charge in [0.1, 0.15) is 0 Å². The van der Waals surface area contributed by atoms with E-state index in [0.717, 1.165) is 25.2 Å². The van der Waals surface area contributed by atoms with Gasteiger partial charge in [-0.3, -0.25) is 0 Å². The van der Waals surface area contributed by atoms with Gasteiger partial charge in [-0.25, -0.2) is 0 Å². The van der Waals surface area contributed by atoms with Crippen LogP contribution in [0.2, 0.25) is 0 Å². The van der Waals surface area contributed by atoms with Gasteiger partial charge in [0.05, 0.1) is 0 Å². The third kappa shape index (κ3) is 4.17. The number of nitrogens with two attached hydrogens (primary N) is 1. The van der Waals surface area contributed by atoms with Gasteiger partial charge in [0, 0.05) is 12.2 Å². The van der Waals surface area contributed by atoms with Crippen LogP contribution >= 0.6 is 11.3 Å². The molecule has 0 radical (unpaired) electrons. The van der Waals surface area contributed by atoms with E-state index in [0.29, 0.717) is 0 Å². The number of aryl methyl sites for hydroxylation is 1. The summed E-state index contributed by atoms with van der Waals surface area (Å²) in [6, 6.07) is 10.4. The molecule has 2 nitrogen and oxygen atoms in total. The number of thiophene rings is 1. The smallest absolute Gasteiger partial charge is 0.0316 e. The molecule has 0 saturated carbocycles. The Morgan fingerprint density at radius 2 is 2.11 bits per heavy atom.